The highest BCUT2D eigenvalue weighted by Crippen LogP contribution is 2.46. The summed E-state index contributed by atoms with van der Waals surface area (Å²) in [6.45, 7) is 6.47. The van der Waals surface area contributed by atoms with Crippen LogP contribution in [0.25, 0.3) is 0 Å². The van der Waals surface area contributed by atoms with Gasteiger partial charge in [0.25, 0.3) is 0 Å². The summed E-state index contributed by atoms with van der Waals surface area (Å²) >= 11 is 11.7. The van der Waals surface area contributed by atoms with Crippen molar-refractivity contribution in [3.05, 3.63) is 41.4 Å². The van der Waals surface area contributed by atoms with Gasteiger partial charge in [-0.05, 0) is 25.2 Å². The summed E-state index contributed by atoms with van der Waals surface area (Å²) in [7, 11) is 0. The number of hydrogen-bond donors (Lipinski definition) is 1. The van der Waals surface area contributed by atoms with E-state index in [4.69, 9.17) is 28.6 Å². The van der Waals surface area contributed by atoms with Crippen molar-refractivity contribution < 1.29 is 4.74 Å². The van der Waals surface area contributed by atoms with Crippen molar-refractivity contribution >= 4 is 28.9 Å². The fraction of sp³-hybridized carbons (Fsp3) is 0.357. The Morgan fingerprint density at radius 1 is 1.68 bits per heavy atom. The molecule has 2 bridgehead atoms. The maximum absolute atomic E-state index is 6.25. The molecule has 1 aromatic carbocycles. The highest BCUT2D eigenvalue weighted by atomic mass is 35.5. The number of nitrogens with one attached hydrogen (secondary N) is 1. The van der Waals surface area contributed by atoms with Gasteiger partial charge >= 0.3 is 0 Å². The Labute approximate surface area is 123 Å². The van der Waals surface area contributed by atoms with E-state index in [1.165, 1.54) is 0 Å². The van der Waals surface area contributed by atoms with E-state index >= 15 is 0 Å². The summed E-state index contributed by atoms with van der Waals surface area (Å²) in [4.78, 5) is 2.01. The molecule has 1 aromatic rings. The lowest BCUT2D eigenvalue weighted by Crippen LogP contribution is -2.64. The maximum atomic E-state index is 6.25. The van der Waals surface area contributed by atoms with Crippen molar-refractivity contribution in [1.29, 1.82) is 0 Å². The van der Waals surface area contributed by atoms with Crippen LogP contribution in [0.4, 0.5) is 0 Å². The minimum absolute atomic E-state index is 0.154. The van der Waals surface area contributed by atoms with Crippen LogP contribution in [-0.2, 0) is 0 Å². The van der Waals surface area contributed by atoms with E-state index in [2.05, 4.69) is 11.9 Å². The van der Waals surface area contributed by atoms with E-state index in [1.54, 1.807) is 0 Å². The highest BCUT2D eigenvalue weighted by Gasteiger charge is 2.47. The Balaban J connectivity index is 2.08. The summed E-state index contributed by atoms with van der Waals surface area (Å²) in [5.74, 6) is 0.756. The summed E-state index contributed by atoms with van der Waals surface area (Å²) in [5.41, 5.74) is 0.602. The predicted octanol–water partition coefficient (Wildman–Crippen LogP) is 3.26. The molecule has 1 N–H and O–H groups in total. The number of rotatable bonds is 2. The third-order valence-electron chi connectivity index (χ3n) is 3.70. The first-order valence-corrected chi connectivity index (χ1v) is 7.00. The molecule has 19 heavy (non-hydrogen) atoms. The van der Waals surface area contributed by atoms with Crippen LogP contribution < -0.4 is 10.1 Å². The molecule has 2 unspecified atom stereocenters. The SMILES string of the molecule is C=CCN1C(=S)NC2CC1(C)Oc1c(Cl)cccc12. The van der Waals surface area contributed by atoms with Crippen LogP contribution in [0, 0.1) is 0 Å². The molecular weight excluding hydrogens is 280 g/mol. The number of para-hydroxylation sites is 1. The van der Waals surface area contributed by atoms with Gasteiger partial charge in [-0.1, -0.05) is 29.8 Å². The van der Waals surface area contributed by atoms with Crippen LogP contribution in [0.1, 0.15) is 24.9 Å². The molecule has 1 fully saturated rings. The van der Waals surface area contributed by atoms with E-state index in [-0.39, 0.29) is 6.04 Å². The molecular formula is C14H15ClN2OS. The van der Waals surface area contributed by atoms with Gasteiger partial charge in [-0.2, -0.15) is 0 Å². The number of fused-ring (bicyclic) bond motifs is 4. The summed E-state index contributed by atoms with van der Waals surface area (Å²) in [5, 5.41) is 4.70. The van der Waals surface area contributed by atoms with Crippen molar-refractivity contribution in [2.75, 3.05) is 6.54 Å². The first kappa shape index (κ1) is 12.8. The molecule has 0 radical (unpaired) electrons. The van der Waals surface area contributed by atoms with Crippen LogP contribution in [0.2, 0.25) is 5.02 Å². The lowest BCUT2D eigenvalue weighted by molar-refractivity contribution is -0.0630. The molecule has 1 saturated heterocycles. The highest BCUT2D eigenvalue weighted by molar-refractivity contribution is 7.80. The number of benzene rings is 1. The number of thiocarbonyl (C=S) groups is 1. The lowest BCUT2D eigenvalue weighted by atomic mass is 9.90. The van der Waals surface area contributed by atoms with Crippen molar-refractivity contribution in [3.63, 3.8) is 0 Å². The van der Waals surface area contributed by atoms with Gasteiger partial charge < -0.3 is 15.0 Å². The monoisotopic (exact) mass is 294 g/mol. The molecule has 5 heteroatoms. The molecule has 0 aliphatic carbocycles. The zero-order valence-corrected chi connectivity index (χ0v) is 12.2. The van der Waals surface area contributed by atoms with Gasteiger partial charge in [0, 0.05) is 18.5 Å². The first-order chi connectivity index (χ1) is 9.05. The van der Waals surface area contributed by atoms with Gasteiger partial charge in [-0.15, -0.1) is 6.58 Å². The zero-order valence-electron chi connectivity index (χ0n) is 10.6. The minimum atomic E-state index is -0.473. The average Bonchev–Trinajstić information content (AvgIpc) is 2.36. The van der Waals surface area contributed by atoms with E-state index in [9.17, 15) is 0 Å². The summed E-state index contributed by atoms with van der Waals surface area (Å²) in [6.07, 6.45) is 2.65. The molecule has 0 saturated carbocycles. The van der Waals surface area contributed by atoms with Gasteiger partial charge in [-0.25, -0.2) is 0 Å². The normalized spacial score (nSPS) is 28.2. The minimum Gasteiger partial charge on any atom is -0.466 e. The fourth-order valence-corrected chi connectivity index (χ4v) is 3.43. The largest absolute Gasteiger partial charge is 0.466 e. The Kier molecular flexibility index (Phi) is 2.95. The summed E-state index contributed by atoms with van der Waals surface area (Å²) in [6, 6.07) is 5.97. The van der Waals surface area contributed by atoms with E-state index < -0.39 is 5.72 Å². The Morgan fingerprint density at radius 3 is 3.21 bits per heavy atom. The van der Waals surface area contributed by atoms with E-state index in [0.717, 1.165) is 17.7 Å². The number of nitrogens with zero attached hydrogens (tertiary/aromatic N) is 1. The average molecular weight is 295 g/mol. The number of ether oxygens (including phenoxy) is 1. The molecule has 2 aliphatic rings. The fourth-order valence-electron chi connectivity index (χ4n) is 2.80. The number of halogens is 1. The van der Waals surface area contributed by atoms with Crippen LogP contribution in [0.5, 0.6) is 5.75 Å². The topological polar surface area (TPSA) is 24.5 Å². The number of hydrogen-bond acceptors (Lipinski definition) is 2. The van der Waals surface area contributed by atoms with Crippen LogP contribution >= 0.6 is 23.8 Å². The Morgan fingerprint density at radius 2 is 2.47 bits per heavy atom. The first-order valence-electron chi connectivity index (χ1n) is 6.21. The molecule has 2 heterocycles. The predicted molar refractivity (Wildman–Crippen MR) is 80.5 cm³/mol. The van der Waals surface area contributed by atoms with Crippen molar-refractivity contribution in [1.82, 2.24) is 10.2 Å². The third-order valence-corrected chi connectivity index (χ3v) is 4.34. The van der Waals surface area contributed by atoms with Crippen molar-refractivity contribution in [2.24, 2.45) is 0 Å². The van der Waals surface area contributed by atoms with E-state index in [1.807, 2.05) is 36.1 Å². The van der Waals surface area contributed by atoms with Gasteiger partial charge in [-0.3, -0.25) is 0 Å². The molecule has 0 amide bonds. The lowest BCUT2D eigenvalue weighted by Gasteiger charge is -2.52. The summed E-state index contributed by atoms with van der Waals surface area (Å²) < 4.78 is 6.18. The molecule has 0 aromatic heterocycles. The Hall–Kier alpha value is -1.26. The van der Waals surface area contributed by atoms with Gasteiger partial charge in [0.15, 0.2) is 10.8 Å². The van der Waals surface area contributed by atoms with Gasteiger partial charge in [0.05, 0.1) is 11.1 Å². The van der Waals surface area contributed by atoms with Crippen molar-refractivity contribution in [3.8, 4) is 5.75 Å². The van der Waals surface area contributed by atoms with Crippen LogP contribution in [-0.4, -0.2) is 22.3 Å². The zero-order chi connectivity index (χ0) is 13.6. The molecule has 0 spiro atoms. The van der Waals surface area contributed by atoms with Crippen LogP contribution in [0.3, 0.4) is 0 Å². The van der Waals surface area contributed by atoms with Crippen LogP contribution in [0.15, 0.2) is 30.9 Å². The Bertz CT molecular complexity index is 562. The second-order valence-electron chi connectivity index (χ2n) is 5.04. The quantitative estimate of drug-likeness (QED) is 0.668. The standard InChI is InChI=1S/C14H15ClN2OS/c1-3-7-17-13(19)16-11-8-14(17,2)18-12-9(11)5-4-6-10(12)15/h3-6,11H,1,7-8H2,2H3,(H,16,19). The second kappa shape index (κ2) is 4.39. The molecule has 2 aliphatic heterocycles. The molecule has 3 rings (SSSR count). The maximum Gasteiger partial charge on any atom is 0.184 e. The second-order valence-corrected chi connectivity index (χ2v) is 5.83. The molecule has 3 nitrogen and oxygen atoms in total. The van der Waals surface area contributed by atoms with E-state index in [0.29, 0.717) is 16.7 Å². The van der Waals surface area contributed by atoms with Gasteiger partial charge in [0.2, 0.25) is 0 Å². The van der Waals surface area contributed by atoms with Gasteiger partial charge in [0.1, 0.15) is 5.75 Å². The molecule has 2 atom stereocenters. The smallest absolute Gasteiger partial charge is 0.184 e. The third kappa shape index (κ3) is 1.90. The van der Waals surface area contributed by atoms with Crippen molar-refractivity contribution in [2.45, 2.75) is 25.1 Å². The molecule has 100 valence electrons.